The minimum absolute atomic E-state index is 0.0149. The van der Waals surface area contributed by atoms with Crippen LogP contribution in [0, 0.1) is 0 Å². The van der Waals surface area contributed by atoms with Gasteiger partial charge in [-0.25, -0.2) is 4.79 Å². The number of alkyl carbamates (subject to hydrolysis) is 1. The summed E-state index contributed by atoms with van der Waals surface area (Å²) >= 11 is 0. The fourth-order valence-electron chi connectivity index (χ4n) is 2.15. The third kappa shape index (κ3) is 15.9. The van der Waals surface area contributed by atoms with Crippen molar-refractivity contribution in [1.82, 2.24) is 10.2 Å². The Bertz CT molecular complexity index is 342. The van der Waals surface area contributed by atoms with Crippen LogP contribution in [0.2, 0.25) is 0 Å². The van der Waals surface area contributed by atoms with E-state index in [1.54, 1.807) is 0 Å². The summed E-state index contributed by atoms with van der Waals surface area (Å²) in [5.74, 6) is -0.252. The normalized spacial score (nSPS) is 10.7. The molecular formula is C17H35N3O5. The molecule has 1 amide bonds. The number of carbonyl (C=O) groups excluding carboxylic acids is 2. The van der Waals surface area contributed by atoms with Crippen LogP contribution in [-0.2, 0) is 14.3 Å². The molecule has 0 aliphatic carbocycles. The quantitative estimate of drug-likeness (QED) is 0.276. The third-order valence-electron chi connectivity index (χ3n) is 3.56. The van der Waals surface area contributed by atoms with Crippen molar-refractivity contribution in [3.05, 3.63) is 0 Å². The maximum Gasteiger partial charge on any atom is 0.407 e. The number of hydrogen-bond acceptors (Lipinski definition) is 7. The predicted octanol–water partition coefficient (Wildman–Crippen LogP) is 0.869. The van der Waals surface area contributed by atoms with Crippen molar-refractivity contribution in [1.29, 1.82) is 0 Å². The molecule has 0 saturated heterocycles. The second kappa shape index (κ2) is 17.4. The molecule has 0 rings (SSSR count). The van der Waals surface area contributed by atoms with E-state index in [4.69, 9.17) is 20.3 Å². The highest BCUT2D eigenvalue weighted by Gasteiger charge is 2.10. The minimum Gasteiger partial charge on any atom is -0.466 e. The van der Waals surface area contributed by atoms with Gasteiger partial charge in [0.25, 0.3) is 0 Å². The fourth-order valence-corrected chi connectivity index (χ4v) is 2.15. The van der Waals surface area contributed by atoms with E-state index in [2.05, 4.69) is 5.32 Å². The third-order valence-corrected chi connectivity index (χ3v) is 3.56. The van der Waals surface area contributed by atoms with Crippen LogP contribution in [0.1, 0.15) is 45.4 Å². The van der Waals surface area contributed by atoms with Crippen LogP contribution in [-0.4, -0.2) is 74.6 Å². The fraction of sp³-hybridized carbons (Fsp3) is 0.882. The molecule has 0 aromatic carbocycles. The first-order valence-electron chi connectivity index (χ1n) is 9.23. The first kappa shape index (κ1) is 23.6. The van der Waals surface area contributed by atoms with Crippen LogP contribution in [0.15, 0.2) is 0 Å². The van der Waals surface area contributed by atoms with Crippen molar-refractivity contribution in [3.63, 3.8) is 0 Å². The number of aliphatic hydroxyl groups is 1. The van der Waals surface area contributed by atoms with Crippen molar-refractivity contribution < 1.29 is 24.2 Å². The molecule has 0 unspecified atom stereocenters. The summed E-state index contributed by atoms with van der Waals surface area (Å²) in [5.41, 5.74) is 5.42. The van der Waals surface area contributed by atoms with Crippen molar-refractivity contribution in [2.75, 3.05) is 52.5 Å². The molecule has 0 radical (unpaired) electrons. The number of nitrogens with two attached hydrogens (primary N) is 1. The smallest absolute Gasteiger partial charge is 0.407 e. The molecule has 0 bridgehead atoms. The number of nitrogens with one attached hydrogen (secondary N) is 1. The molecule has 0 aliphatic rings. The zero-order valence-electron chi connectivity index (χ0n) is 15.5. The Morgan fingerprint density at radius 1 is 1.04 bits per heavy atom. The summed E-state index contributed by atoms with van der Waals surface area (Å²) in [5, 5.41) is 11.8. The average molecular weight is 361 g/mol. The van der Waals surface area contributed by atoms with E-state index in [1.807, 2.05) is 11.8 Å². The summed E-state index contributed by atoms with van der Waals surface area (Å²) in [6, 6.07) is 0. The highest BCUT2D eigenvalue weighted by molar-refractivity contribution is 5.69. The number of aliphatic hydroxyl groups excluding tert-OH is 1. The standard InChI is InChI=1S/C17H35N3O5/c1-2-14-24-16(22)7-10-20(11-13-21)12-15-25-17(23)19-9-6-4-3-5-8-18/h21H,2-15,18H2,1H3,(H,19,23). The first-order chi connectivity index (χ1) is 12.1. The number of amides is 1. The molecule has 0 fully saturated rings. The van der Waals surface area contributed by atoms with Crippen LogP contribution in [0.5, 0.6) is 0 Å². The number of nitrogens with zero attached hydrogens (tertiary/aromatic N) is 1. The summed E-state index contributed by atoms with van der Waals surface area (Å²) < 4.78 is 10.1. The Hall–Kier alpha value is -1.38. The van der Waals surface area contributed by atoms with Crippen molar-refractivity contribution >= 4 is 12.1 Å². The van der Waals surface area contributed by atoms with E-state index >= 15 is 0 Å². The lowest BCUT2D eigenvalue weighted by atomic mass is 10.2. The van der Waals surface area contributed by atoms with Gasteiger partial charge in [-0.05, 0) is 25.8 Å². The molecule has 0 aliphatic heterocycles. The van der Waals surface area contributed by atoms with Gasteiger partial charge in [-0.1, -0.05) is 19.8 Å². The van der Waals surface area contributed by atoms with Gasteiger partial charge in [-0.2, -0.15) is 0 Å². The molecule has 0 aromatic rings. The number of ether oxygens (including phenoxy) is 2. The molecule has 4 N–H and O–H groups in total. The van der Waals surface area contributed by atoms with Gasteiger partial charge in [-0.15, -0.1) is 0 Å². The minimum atomic E-state index is -0.440. The lowest BCUT2D eigenvalue weighted by Gasteiger charge is -2.20. The molecule has 25 heavy (non-hydrogen) atoms. The Labute approximate surface area is 151 Å². The van der Waals surface area contributed by atoms with Crippen LogP contribution in [0.4, 0.5) is 4.79 Å². The van der Waals surface area contributed by atoms with Gasteiger partial charge < -0.3 is 25.6 Å². The topological polar surface area (TPSA) is 114 Å². The number of carbonyl (C=O) groups is 2. The van der Waals surface area contributed by atoms with E-state index in [0.29, 0.717) is 39.3 Å². The average Bonchev–Trinajstić information content (AvgIpc) is 2.60. The van der Waals surface area contributed by atoms with Crippen LogP contribution < -0.4 is 11.1 Å². The van der Waals surface area contributed by atoms with Crippen LogP contribution >= 0.6 is 0 Å². The molecule has 8 heteroatoms. The Balaban J connectivity index is 3.76. The number of hydrogen-bond donors (Lipinski definition) is 3. The highest BCUT2D eigenvalue weighted by atomic mass is 16.5. The lowest BCUT2D eigenvalue weighted by Crippen LogP contribution is -2.34. The molecule has 0 saturated carbocycles. The van der Waals surface area contributed by atoms with Crippen molar-refractivity contribution in [2.45, 2.75) is 45.4 Å². The first-order valence-corrected chi connectivity index (χ1v) is 9.23. The highest BCUT2D eigenvalue weighted by Crippen LogP contribution is 1.98. The molecule has 8 nitrogen and oxygen atoms in total. The Kier molecular flexibility index (Phi) is 16.5. The SMILES string of the molecule is CCCOC(=O)CCN(CCO)CCOC(=O)NCCCCCCN. The summed E-state index contributed by atoms with van der Waals surface area (Å²) in [6.45, 7) is 5.21. The maximum absolute atomic E-state index is 11.6. The largest absolute Gasteiger partial charge is 0.466 e. The Morgan fingerprint density at radius 3 is 2.48 bits per heavy atom. The van der Waals surface area contributed by atoms with E-state index < -0.39 is 6.09 Å². The maximum atomic E-state index is 11.6. The predicted molar refractivity (Wildman–Crippen MR) is 96.3 cm³/mol. The van der Waals surface area contributed by atoms with E-state index in [9.17, 15) is 9.59 Å². The molecule has 148 valence electrons. The zero-order valence-corrected chi connectivity index (χ0v) is 15.5. The van der Waals surface area contributed by atoms with Gasteiger partial charge in [0.15, 0.2) is 0 Å². The van der Waals surface area contributed by atoms with Gasteiger partial charge in [0, 0.05) is 26.2 Å². The van der Waals surface area contributed by atoms with Gasteiger partial charge in [0.2, 0.25) is 0 Å². The van der Waals surface area contributed by atoms with Gasteiger partial charge in [-0.3, -0.25) is 9.69 Å². The molecule has 0 aromatic heterocycles. The lowest BCUT2D eigenvalue weighted by molar-refractivity contribution is -0.144. The van der Waals surface area contributed by atoms with Crippen LogP contribution in [0.25, 0.3) is 0 Å². The van der Waals surface area contributed by atoms with Crippen molar-refractivity contribution in [2.24, 2.45) is 5.73 Å². The zero-order chi connectivity index (χ0) is 18.8. The van der Waals surface area contributed by atoms with Crippen molar-refractivity contribution in [3.8, 4) is 0 Å². The van der Waals surface area contributed by atoms with E-state index in [1.165, 1.54) is 0 Å². The monoisotopic (exact) mass is 361 g/mol. The van der Waals surface area contributed by atoms with Gasteiger partial charge >= 0.3 is 12.1 Å². The second-order valence-electron chi connectivity index (χ2n) is 5.80. The molecule has 0 spiro atoms. The number of esters is 1. The van der Waals surface area contributed by atoms with E-state index in [-0.39, 0.29) is 25.6 Å². The molecule has 0 heterocycles. The van der Waals surface area contributed by atoms with E-state index in [0.717, 1.165) is 32.1 Å². The molecular weight excluding hydrogens is 326 g/mol. The number of rotatable bonds is 16. The summed E-state index contributed by atoms with van der Waals surface area (Å²) in [4.78, 5) is 24.9. The summed E-state index contributed by atoms with van der Waals surface area (Å²) in [6.07, 6.45) is 4.64. The second-order valence-corrected chi connectivity index (χ2v) is 5.80. The number of unbranched alkanes of at least 4 members (excludes halogenated alkanes) is 3. The summed E-state index contributed by atoms with van der Waals surface area (Å²) in [7, 11) is 0. The molecule has 0 atom stereocenters. The van der Waals surface area contributed by atoms with Gasteiger partial charge in [0.1, 0.15) is 6.61 Å². The van der Waals surface area contributed by atoms with Gasteiger partial charge in [0.05, 0.1) is 19.6 Å². The van der Waals surface area contributed by atoms with Crippen LogP contribution in [0.3, 0.4) is 0 Å². The Morgan fingerprint density at radius 2 is 1.80 bits per heavy atom.